The number of carboxylic acid groups (broad SMARTS) is 1. The molecule has 0 aromatic heterocycles. The Morgan fingerprint density at radius 3 is 2.55 bits per heavy atom. The number of carbonyl (C=O) groups is 2. The van der Waals surface area contributed by atoms with Crippen LogP contribution in [0.5, 0.6) is 5.75 Å². The molecule has 1 amide bonds. The SMILES string of the molecule is COc1cccc(Cl)c1C(=O)N1CCC(C(=O)O)CC1. The highest BCUT2D eigenvalue weighted by Crippen LogP contribution is 2.29. The highest BCUT2D eigenvalue weighted by Gasteiger charge is 2.29. The van der Waals surface area contributed by atoms with Gasteiger partial charge >= 0.3 is 5.97 Å². The maximum Gasteiger partial charge on any atom is 0.306 e. The van der Waals surface area contributed by atoms with Gasteiger partial charge in [-0.25, -0.2) is 0 Å². The van der Waals surface area contributed by atoms with Crippen LogP contribution in [0.1, 0.15) is 23.2 Å². The van der Waals surface area contributed by atoms with Crippen LogP contribution in [-0.2, 0) is 4.79 Å². The summed E-state index contributed by atoms with van der Waals surface area (Å²) in [5.74, 6) is -0.946. The van der Waals surface area contributed by atoms with E-state index in [0.717, 1.165) is 0 Å². The van der Waals surface area contributed by atoms with Crippen molar-refractivity contribution >= 4 is 23.5 Å². The lowest BCUT2D eigenvalue weighted by atomic mass is 9.96. The van der Waals surface area contributed by atoms with Gasteiger partial charge in [-0.05, 0) is 25.0 Å². The van der Waals surface area contributed by atoms with Gasteiger partial charge in [0, 0.05) is 13.1 Å². The second-order valence-corrected chi connectivity index (χ2v) is 5.13. The van der Waals surface area contributed by atoms with Crippen LogP contribution >= 0.6 is 11.6 Å². The van der Waals surface area contributed by atoms with Crippen LogP contribution in [-0.4, -0.2) is 42.1 Å². The molecule has 1 aromatic rings. The number of nitrogens with zero attached hydrogens (tertiary/aromatic N) is 1. The van der Waals surface area contributed by atoms with Gasteiger partial charge in [0.25, 0.3) is 5.91 Å². The van der Waals surface area contributed by atoms with Crippen LogP contribution < -0.4 is 4.74 Å². The van der Waals surface area contributed by atoms with E-state index in [-0.39, 0.29) is 11.8 Å². The maximum absolute atomic E-state index is 12.5. The number of aliphatic carboxylic acids is 1. The van der Waals surface area contributed by atoms with E-state index in [4.69, 9.17) is 21.4 Å². The Bertz CT molecular complexity index is 524. The molecule has 1 N–H and O–H groups in total. The van der Waals surface area contributed by atoms with E-state index < -0.39 is 5.97 Å². The average molecular weight is 298 g/mol. The lowest BCUT2D eigenvalue weighted by Gasteiger charge is -2.30. The number of likely N-dealkylation sites (tertiary alicyclic amines) is 1. The minimum Gasteiger partial charge on any atom is -0.496 e. The van der Waals surface area contributed by atoms with Crippen molar-refractivity contribution in [3.05, 3.63) is 28.8 Å². The van der Waals surface area contributed by atoms with Crippen LogP contribution in [0.4, 0.5) is 0 Å². The summed E-state index contributed by atoms with van der Waals surface area (Å²) in [5, 5.41) is 9.30. The van der Waals surface area contributed by atoms with Crippen molar-refractivity contribution < 1.29 is 19.4 Å². The van der Waals surface area contributed by atoms with Crippen molar-refractivity contribution in [2.45, 2.75) is 12.8 Å². The number of hydrogen-bond acceptors (Lipinski definition) is 3. The highest BCUT2D eigenvalue weighted by molar-refractivity contribution is 6.34. The molecule has 0 atom stereocenters. The van der Waals surface area contributed by atoms with E-state index >= 15 is 0 Å². The zero-order chi connectivity index (χ0) is 14.7. The highest BCUT2D eigenvalue weighted by atomic mass is 35.5. The molecular weight excluding hydrogens is 282 g/mol. The molecule has 1 aliphatic rings. The number of amides is 1. The fourth-order valence-electron chi connectivity index (χ4n) is 2.37. The van der Waals surface area contributed by atoms with Crippen LogP contribution in [0.25, 0.3) is 0 Å². The van der Waals surface area contributed by atoms with Gasteiger partial charge in [0.05, 0.1) is 18.1 Å². The van der Waals surface area contributed by atoms with E-state index in [9.17, 15) is 9.59 Å². The number of ether oxygens (including phenoxy) is 1. The number of piperidine rings is 1. The summed E-state index contributed by atoms with van der Waals surface area (Å²) >= 11 is 6.08. The van der Waals surface area contributed by atoms with Crippen molar-refractivity contribution in [1.82, 2.24) is 4.90 Å². The van der Waals surface area contributed by atoms with E-state index in [1.165, 1.54) is 7.11 Å². The topological polar surface area (TPSA) is 66.8 Å². The van der Waals surface area contributed by atoms with Gasteiger partial charge in [0.1, 0.15) is 11.3 Å². The summed E-state index contributed by atoms with van der Waals surface area (Å²) < 4.78 is 5.17. The van der Waals surface area contributed by atoms with Gasteiger partial charge in [0.2, 0.25) is 0 Å². The van der Waals surface area contributed by atoms with Crippen LogP contribution in [0.2, 0.25) is 5.02 Å². The summed E-state index contributed by atoms with van der Waals surface area (Å²) in [4.78, 5) is 25.0. The van der Waals surface area contributed by atoms with Crippen molar-refractivity contribution in [2.24, 2.45) is 5.92 Å². The first-order valence-electron chi connectivity index (χ1n) is 6.39. The van der Waals surface area contributed by atoms with Crippen LogP contribution in [0, 0.1) is 5.92 Å². The van der Waals surface area contributed by atoms with Crippen molar-refractivity contribution in [1.29, 1.82) is 0 Å². The molecule has 5 nitrogen and oxygen atoms in total. The Hall–Kier alpha value is -1.75. The Labute approximate surface area is 122 Å². The lowest BCUT2D eigenvalue weighted by molar-refractivity contribution is -0.143. The largest absolute Gasteiger partial charge is 0.496 e. The van der Waals surface area contributed by atoms with Gasteiger partial charge in [-0.15, -0.1) is 0 Å². The van der Waals surface area contributed by atoms with Gasteiger partial charge in [-0.3, -0.25) is 9.59 Å². The van der Waals surface area contributed by atoms with Crippen molar-refractivity contribution in [3.63, 3.8) is 0 Å². The van der Waals surface area contributed by atoms with E-state index in [1.807, 2.05) is 0 Å². The Morgan fingerprint density at radius 2 is 2.00 bits per heavy atom. The molecule has 0 unspecified atom stereocenters. The molecule has 2 rings (SSSR count). The molecule has 0 radical (unpaired) electrons. The molecule has 6 heteroatoms. The van der Waals surface area contributed by atoms with Gasteiger partial charge < -0.3 is 14.7 Å². The first-order valence-corrected chi connectivity index (χ1v) is 6.77. The predicted octanol–water partition coefficient (Wildman–Crippen LogP) is 2.29. The standard InChI is InChI=1S/C14H16ClNO4/c1-20-11-4-2-3-10(15)12(11)13(17)16-7-5-9(6-8-16)14(18)19/h2-4,9H,5-8H2,1H3,(H,18,19). The van der Waals surface area contributed by atoms with E-state index in [0.29, 0.717) is 42.3 Å². The number of carboxylic acids is 1. The minimum atomic E-state index is -0.799. The number of halogens is 1. The fraction of sp³-hybridized carbons (Fsp3) is 0.429. The molecule has 1 fully saturated rings. The lowest BCUT2D eigenvalue weighted by Crippen LogP contribution is -2.40. The third-order valence-corrected chi connectivity index (χ3v) is 3.86. The second kappa shape index (κ2) is 6.13. The number of rotatable bonds is 3. The maximum atomic E-state index is 12.5. The Kier molecular flexibility index (Phi) is 4.49. The van der Waals surface area contributed by atoms with E-state index in [1.54, 1.807) is 23.1 Å². The summed E-state index contributed by atoms with van der Waals surface area (Å²) in [6.45, 7) is 0.842. The van der Waals surface area contributed by atoms with Gasteiger partial charge in [-0.1, -0.05) is 17.7 Å². The molecule has 1 saturated heterocycles. The molecule has 1 heterocycles. The molecule has 108 valence electrons. The Morgan fingerprint density at radius 1 is 1.35 bits per heavy atom. The first-order chi connectivity index (χ1) is 9.54. The van der Waals surface area contributed by atoms with Gasteiger partial charge in [0.15, 0.2) is 0 Å². The smallest absolute Gasteiger partial charge is 0.306 e. The quantitative estimate of drug-likeness (QED) is 0.929. The fourth-order valence-corrected chi connectivity index (χ4v) is 2.62. The zero-order valence-corrected chi connectivity index (χ0v) is 11.9. The summed E-state index contributed by atoms with van der Waals surface area (Å²) in [6, 6.07) is 5.04. The van der Waals surface area contributed by atoms with Crippen LogP contribution in [0.15, 0.2) is 18.2 Å². The summed E-state index contributed by atoms with van der Waals surface area (Å²) in [5.41, 5.74) is 0.338. The summed E-state index contributed by atoms with van der Waals surface area (Å²) in [6.07, 6.45) is 0.932. The third kappa shape index (κ3) is 2.88. The molecule has 0 saturated carbocycles. The number of hydrogen-bond donors (Lipinski definition) is 1. The summed E-state index contributed by atoms with van der Waals surface area (Å²) in [7, 11) is 1.49. The van der Waals surface area contributed by atoms with Crippen molar-refractivity contribution in [3.8, 4) is 5.75 Å². The third-order valence-electron chi connectivity index (χ3n) is 3.54. The number of benzene rings is 1. The van der Waals surface area contributed by atoms with Crippen LogP contribution in [0.3, 0.4) is 0 Å². The molecule has 1 aliphatic heterocycles. The monoisotopic (exact) mass is 297 g/mol. The van der Waals surface area contributed by atoms with Gasteiger partial charge in [-0.2, -0.15) is 0 Å². The van der Waals surface area contributed by atoms with Crippen molar-refractivity contribution in [2.75, 3.05) is 20.2 Å². The molecular formula is C14H16ClNO4. The molecule has 0 spiro atoms. The normalized spacial score (nSPS) is 16.0. The molecule has 0 aliphatic carbocycles. The zero-order valence-electron chi connectivity index (χ0n) is 11.1. The average Bonchev–Trinajstić information content (AvgIpc) is 2.46. The number of methoxy groups -OCH3 is 1. The molecule has 20 heavy (non-hydrogen) atoms. The number of carbonyl (C=O) groups excluding carboxylic acids is 1. The second-order valence-electron chi connectivity index (χ2n) is 4.72. The molecule has 1 aromatic carbocycles. The predicted molar refractivity (Wildman–Crippen MR) is 74.3 cm³/mol. The Balaban J connectivity index is 2.15. The minimum absolute atomic E-state index is 0.212. The van der Waals surface area contributed by atoms with E-state index in [2.05, 4.69) is 0 Å². The molecule has 0 bridgehead atoms. The first kappa shape index (κ1) is 14.7.